The summed E-state index contributed by atoms with van der Waals surface area (Å²) in [4.78, 5) is 0. The van der Waals surface area contributed by atoms with Crippen molar-refractivity contribution in [2.45, 2.75) is 33.1 Å². The second-order valence-corrected chi connectivity index (χ2v) is 11.5. The van der Waals surface area contributed by atoms with Crippen molar-refractivity contribution in [1.29, 1.82) is 0 Å². The lowest BCUT2D eigenvalue weighted by atomic mass is 9.81. The summed E-state index contributed by atoms with van der Waals surface area (Å²) in [6, 6.07) is 37.3. The first-order chi connectivity index (χ1) is 18.9. The lowest BCUT2D eigenvalue weighted by Crippen LogP contribution is -2.15. The van der Waals surface area contributed by atoms with Crippen LogP contribution in [-0.4, -0.2) is 4.57 Å². The van der Waals surface area contributed by atoms with Crippen molar-refractivity contribution in [3.63, 3.8) is 0 Å². The molecule has 0 fully saturated rings. The zero-order chi connectivity index (χ0) is 26.5. The molecule has 2 aromatic heterocycles. The van der Waals surface area contributed by atoms with Crippen molar-refractivity contribution in [1.82, 2.24) is 4.57 Å². The summed E-state index contributed by atoms with van der Waals surface area (Å²) in [6.45, 7) is 9.26. The summed E-state index contributed by atoms with van der Waals surface area (Å²) in [5.41, 5.74) is 13.5. The maximum atomic E-state index is 6.32. The largest absolute Gasteiger partial charge is 0.455 e. The smallest absolute Gasteiger partial charge is 0.143 e. The zero-order valence-electron chi connectivity index (χ0n) is 22.7. The molecule has 0 aliphatic heterocycles. The number of para-hydroxylation sites is 3. The van der Waals surface area contributed by atoms with Gasteiger partial charge in [0.15, 0.2) is 0 Å². The van der Waals surface area contributed by atoms with Gasteiger partial charge in [-0.05, 0) is 72.5 Å². The molecule has 2 heteroatoms. The number of nitrogens with zero attached hydrogens (tertiary/aromatic N) is 1. The molecule has 0 unspecified atom stereocenters. The molecule has 0 radical (unpaired) electrons. The summed E-state index contributed by atoms with van der Waals surface area (Å²) in [5.74, 6) is 0. The minimum Gasteiger partial charge on any atom is -0.455 e. The molecular formula is C37H29NO. The van der Waals surface area contributed by atoms with Crippen LogP contribution >= 0.6 is 0 Å². The molecule has 0 saturated heterocycles. The Balaban J connectivity index is 1.33. The molecule has 1 aliphatic rings. The summed E-state index contributed by atoms with van der Waals surface area (Å²) >= 11 is 0. The molecule has 0 spiro atoms. The van der Waals surface area contributed by atoms with E-state index in [4.69, 9.17) is 4.42 Å². The number of benzene rings is 5. The molecule has 0 N–H and O–H groups in total. The van der Waals surface area contributed by atoms with Crippen LogP contribution in [0.5, 0.6) is 0 Å². The van der Waals surface area contributed by atoms with Gasteiger partial charge < -0.3 is 8.98 Å². The Labute approximate surface area is 227 Å². The highest BCUT2D eigenvalue weighted by Crippen LogP contribution is 2.48. The summed E-state index contributed by atoms with van der Waals surface area (Å²) in [5, 5.41) is 4.93. The molecule has 0 atom stereocenters. The number of fused-ring (bicyclic) bond motifs is 7. The Morgan fingerprint density at radius 1 is 0.615 bits per heavy atom. The topological polar surface area (TPSA) is 18.1 Å². The molecule has 2 nitrogen and oxygen atoms in total. The van der Waals surface area contributed by atoms with Crippen molar-refractivity contribution in [2.75, 3.05) is 0 Å². The van der Waals surface area contributed by atoms with Gasteiger partial charge in [-0.15, -0.1) is 0 Å². The molecule has 39 heavy (non-hydrogen) atoms. The van der Waals surface area contributed by atoms with Gasteiger partial charge in [-0.1, -0.05) is 86.2 Å². The van der Waals surface area contributed by atoms with Crippen molar-refractivity contribution in [3.8, 4) is 16.8 Å². The Morgan fingerprint density at radius 2 is 1.33 bits per heavy atom. The van der Waals surface area contributed by atoms with Gasteiger partial charge >= 0.3 is 0 Å². The van der Waals surface area contributed by atoms with E-state index in [0.717, 1.165) is 38.8 Å². The maximum absolute atomic E-state index is 6.32. The van der Waals surface area contributed by atoms with Crippen molar-refractivity contribution >= 4 is 49.3 Å². The zero-order valence-corrected chi connectivity index (χ0v) is 22.7. The first-order valence-corrected chi connectivity index (χ1v) is 13.7. The SMILES string of the molecule is CC1=C(C)C(C)(C)c2cc3c4ccccc4n(-c4ccc(-c5cccc6c5oc5ccccc56)cc4)c3cc21. The van der Waals surface area contributed by atoms with Crippen molar-refractivity contribution < 1.29 is 4.42 Å². The quantitative estimate of drug-likeness (QED) is 0.229. The Morgan fingerprint density at radius 3 is 2.15 bits per heavy atom. The number of furan rings is 1. The van der Waals surface area contributed by atoms with E-state index < -0.39 is 0 Å². The van der Waals surface area contributed by atoms with Crippen LogP contribution in [0.3, 0.4) is 0 Å². The first-order valence-electron chi connectivity index (χ1n) is 13.7. The number of hydrogen-bond donors (Lipinski definition) is 0. The third kappa shape index (κ3) is 2.97. The molecule has 0 bridgehead atoms. The average Bonchev–Trinajstić information content (AvgIpc) is 3.56. The fourth-order valence-electron chi connectivity index (χ4n) is 6.76. The molecular weight excluding hydrogens is 474 g/mol. The van der Waals surface area contributed by atoms with Gasteiger partial charge in [0.1, 0.15) is 11.2 Å². The van der Waals surface area contributed by atoms with E-state index in [1.165, 1.54) is 44.1 Å². The van der Waals surface area contributed by atoms with Crippen molar-refractivity contribution in [3.05, 3.63) is 120 Å². The predicted molar refractivity (Wildman–Crippen MR) is 165 cm³/mol. The highest BCUT2D eigenvalue weighted by atomic mass is 16.3. The summed E-state index contributed by atoms with van der Waals surface area (Å²) < 4.78 is 8.75. The number of rotatable bonds is 2. The van der Waals surface area contributed by atoms with E-state index in [2.05, 4.69) is 123 Å². The number of hydrogen-bond acceptors (Lipinski definition) is 1. The molecule has 1 aliphatic carbocycles. The van der Waals surface area contributed by atoms with Crippen LogP contribution in [0.25, 0.3) is 66.1 Å². The van der Waals surface area contributed by atoms with E-state index in [1.54, 1.807) is 0 Å². The lowest BCUT2D eigenvalue weighted by molar-refractivity contribution is 0.639. The standard InChI is InChI=1S/C37H29NO/c1-22-23(2)37(3,4)32-20-31-27-10-5-7-14-33(27)38(34(31)21-30(22)32)25-18-16-24(17-19-25)26-12-9-13-29-28-11-6-8-15-35(28)39-36(26)29/h5-21H,1-4H3. The molecule has 2 heterocycles. The fraction of sp³-hybridized carbons (Fsp3) is 0.135. The lowest BCUT2D eigenvalue weighted by Gasteiger charge is -2.22. The minimum atomic E-state index is 0.0517. The average molecular weight is 504 g/mol. The van der Waals surface area contributed by atoms with Crippen LogP contribution in [0, 0.1) is 0 Å². The number of aromatic nitrogens is 1. The van der Waals surface area contributed by atoms with Crippen LogP contribution in [0.2, 0.25) is 0 Å². The van der Waals surface area contributed by atoms with E-state index in [9.17, 15) is 0 Å². The highest BCUT2D eigenvalue weighted by molar-refractivity contribution is 6.11. The van der Waals surface area contributed by atoms with E-state index >= 15 is 0 Å². The van der Waals surface area contributed by atoms with E-state index in [0.29, 0.717) is 0 Å². The molecule has 7 aromatic rings. The van der Waals surface area contributed by atoms with Crippen LogP contribution in [-0.2, 0) is 5.41 Å². The Hall–Kier alpha value is -4.56. The van der Waals surface area contributed by atoms with Gasteiger partial charge in [-0.25, -0.2) is 0 Å². The first kappa shape index (κ1) is 22.4. The minimum absolute atomic E-state index is 0.0517. The molecule has 5 aromatic carbocycles. The van der Waals surface area contributed by atoms with Crippen molar-refractivity contribution in [2.24, 2.45) is 0 Å². The van der Waals surface area contributed by atoms with Crippen LogP contribution in [0.15, 0.2) is 113 Å². The summed E-state index contributed by atoms with van der Waals surface area (Å²) in [7, 11) is 0. The van der Waals surface area contributed by atoms with Gasteiger partial charge in [0, 0.05) is 38.2 Å². The number of allylic oxidation sites excluding steroid dienone is 2. The molecule has 8 rings (SSSR count). The Kier molecular flexibility index (Phi) is 4.45. The van der Waals surface area contributed by atoms with Crippen LogP contribution in [0.1, 0.15) is 38.8 Å². The van der Waals surface area contributed by atoms with E-state index in [1.807, 2.05) is 12.1 Å². The van der Waals surface area contributed by atoms with Gasteiger partial charge in [0.25, 0.3) is 0 Å². The van der Waals surface area contributed by atoms with Crippen LogP contribution in [0.4, 0.5) is 0 Å². The molecule has 0 amide bonds. The predicted octanol–water partition coefficient (Wildman–Crippen LogP) is 10.4. The van der Waals surface area contributed by atoms with Crippen LogP contribution < -0.4 is 0 Å². The third-order valence-corrected chi connectivity index (χ3v) is 9.23. The van der Waals surface area contributed by atoms with Gasteiger partial charge in [0.2, 0.25) is 0 Å². The molecule has 188 valence electrons. The third-order valence-electron chi connectivity index (χ3n) is 9.23. The maximum Gasteiger partial charge on any atom is 0.143 e. The second kappa shape index (κ2) is 7.74. The van der Waals surface area contributed by atoms with Gasteiger partial charge in [-0.2, -0.15) is 0 Å². The second-order valence-electron chi connectivity index (χ2n) is 11.5. The van der Waals surface area contributed by atoms with Gasteiger partial charge in [0.05, 0.1) is 11.0 Å². The normalized spacial score (nSPS) is 14.8. The summed E-state index contributed by atoms with van der Waals surface area (Å²) in [6.07, 6.45) is 0. The highest BCUT2D eigenvalue weighted by Gasteiger charge is 2.34. The Bertz CT molecular complexity index is 2150. The van der Waals surface area contributed by atoms with Gasteiger partial charge in [-0.3, -0.25) is 0 Å². The van der Waals surface area contributed by atoms with E-state index in [-0.39, 0.29) is 5.41 Å². The monoisotopic (exact) mass is 503 g/mol. The molecule has 0 saturated carbocycles. The fourth-order valence-corrected chi connectivity index (χ4v) is 6.76.